The van der Waals surface area contributed by atoms with Crippen LogP contribution in [0, 0.1) is 0 Å². The second-order valence-electron chi connectivity index (χ2n) is 3.58. The molecule has 84 valence electrons. The van der Waals surface area contributed by atoms with Gasteiger partial charge in [0.1, 0.15) is 6.10 Å². The van der Waals surface area contributed by atoms with Crippen molar-refractivity contribution >= 4 is 23.3 Å². The van der Waals surface area contributed by atoms with Crippen LogP contribution in [0.15, 0.2) is 29.4 Å². The molecule has 4 nitrogen and oxygen atoms in total. The Morgan fingerprint density at radius 3 is 3.12 bits per heavy atom. The number of rotatable bonds is 3. The summed E-state index contributed by atoms with van der Waals surface area (Å²) in [6.45, 7) is 0. The molecule has 0 aliphatic carbocycles. The van der Waals surface area contributed by atoms with E-state index in [1.807, 2.05) is 12.1 Å². The van der Waals surface area contributed by atoms with Gasteiger partial charge in [-0.15, -0.1) is 0 Å². The average molecular weight is 240 g/mol. The predicted molar refractivity (Wildman–Crippen MR) is 59.7 cm³/mol. The van der Waals surface area contributed by atoms with Crippen molar-refractivity contribution in [3.8, 4) is 0 Å². The van der Waals surface area contributed by atoms with Crippen molar-refractivity contribution in [2.75, 3.05) is 0 Å². The van der Waals surface area contributed by atoms with Gasteiger partial charge >= 0.3 is 5.97 Å². The van der Waals surface area contributed by atoms with Gasteiger partial charge in [-0.2, -0.15) is 0 Å². The Bertz CT molecular complexity index is 445. The summed E-state index contributed by atoms with van der Waals surface area (Å²) in [4.78, 5) is 15.5. The summed E-state index contributed by atoms with van der Waals surface area (Å²) in [7, 11) is 0. The standard InChI is InChI=1S/C11H10ClNO3/c12-8-3-1-2-7(4-8)10-5-9(16-13-10)6-11(14)15/h1-4,9H,5-6H2,(H,14,15). The highest BCUT2D eigenvalue weighted by atomic mass is 35.5. The molecule has 0 amide bonds. The molecule has 1 atom stereocenters. The van der Waals surface area contributed by atoms with E-state index in [1.165, 1.54) is 0 Å². The number of benzene rings is 1. The van der Waals surface area contributed by atoms with Crippen molar-refractivity contribution < 1.29 is 14.7 Å². The van der Waals surface area contributed by atoms with Crippen LogP contribution in [0.4, 0.5) is 0 Å². The number of carbonyl (C=O) groups is 1. The Hall–Kier alpha value is -1.55. The van der Waals surface area contributed by atoms with E-state index in [4.69, 9.17) is 21.5 Å². The monoisotopic (exact) mass is 239 g/mol. The lowest BCUT2D eigenvalue weighted by Crippen LogP contribution is -2.13. The highest BCUT2D eigenvalue weighted by Gasteiger charge is 2.24. The van der Waals surface area contributed by atoms with Crippen LogP contribution in [-0.2, 0) is 9.63 Å². The van der Waals surface area contributed by atoms with Crippen LogP contribution in [0.5, 0.6) is 0 Å². The molecule has 0 radical (unpaired) electrons. The van der Waals surface area contributed by atoms with Crippen molar-refractivity contribution in [1.29, 1.82) is 0 Å². The first kappa shape index (κ1) is 11.0. The molecular formula is C11H10ClNO3. The molecule has 0 aromatic heterocycles. The molecule has 2 rings (SSSR count). The van der Waals surface area contributed by atoms with Crippen molar-refractivity contribution in [2.24, 2.45) is 5.16 Å². The molecule has 0 saturated heterocycles. The van der Waals surface area contributed by atoms with Gasteiger partial charge < -0.3 is 9.94 Å². The van der Waals surface area contributed by atoms with E-state index in [-0.39, 0.29) is 12.5 Å². The average Bonchev–Trinajstić information content (AvgIpc) is 2.65. The van der Waals surface area contributed by atoms with Gasteiger partial charge in [0.2, 0.25) is 0 Å². The Balaban J connectivity index is 2.06. The van der Waals surface area contributed by atoms with Crippen molar-refractivity contribution in [3.05, 3.63) is 34.9 Å². The van der Waals surface area contributed by atoms with Crippen LogP contribution in [0.2, 0.25) is 5.02 Å². The predicted octanol–water partition coefficient (Wildman–Crippen LogP) is 2.31. The van der Waals surface area contributed by atoms with E-state index in [0.717, 1.165) is 11.3 Å². The smallest absolute Gasteiger partial charge is 0.307 e. The molecule has 0 saturated carbocycles. The van der Waals surface area contributed by atoms with E-state index >= 15 is 0 Å². The molecule has 0 fully saturated rings. The topological polar surface area (TPSA) is 58.9 Å². The van der Waals surface area contributed by atoms with E-state index in [0.29, 0.717) is 11.4 Å². The van der Waals surface area contributed by atoms with Crippen molar-refractivity contribution in [2.45, 2.75) is 18.9 Å². The van der Waals surface area contributed by atoms with Crippen LogP contribution in [0.1, 0.15) is 18.4 Å². The SMILES string of the molecule is O=C(O)CC1CC(c2cccc(Cl)c2)=NO1. The van der Waals surface area contributed by atoms with Gasteiger partial charge in [-0.1, -0.05) is 28.9 Å². The number of hydrogen-bond donors (Lipinski definition) is 1. The van der Waals surface area contributed by atoms with Gasteiger partial charge in [0.05, 0.1) is 12.1 Å². The summed E-state index contributed by atoms with van der Waals surface area (Å²) in [5.41, 5.74) is 1.62. The lowest BCUT2D eigenvalue weighted by Gasteiger charge is -2.03. The van der Waals surface area contributed by atoms with Crippen molar-refractivity contribution in [3.63, 3.8) is 0 Å². The van der Waals surface area contributed by atoms with Crippen LogP contribution in [0.3, 0.4) is 0 Å². The van der Waals surface area contributed by atoms with Gasteiger partial charge in [0.25, 0.3) is 0 Å². The first-order valence-corrected chi connectivity index (χ1v) is 5.23. The first-order valence-electron chi connectivity index (χ1n) is 4.85. The van der Waals surface area contributed by atoms with Gasteiger partial charge in [-0.3, -0.25) is 4.79 Å². The minimum absolute atomic E-state index is 0.0342. The first-order chi connectivity index (χ1) is 7.65. The zero-order valence-corrected chi connectivity index (χ0v) is 9.15. The fourth-order valence-electron chi connectivity index (χ4n) is 1.57. The molecule has 0 spiro atoms. The Kier molecular flexibility index (Phi) is 3.10. The summed E-state index contributed by atoms with van der Waals surface area (Å²) < 4.78 is 0. The minimum Gasteiger partial charge on any atom is -0.481 e. The second-order valence-corrected chi connectivity index (χ2v) is 4.01. The third-order valence-corrected chi connectivity index (χ3v) is 2.53. The largest absolute Gasteiger partial charge is 0.481 e. The number of nitrogens with zero attached hydrogens (tertiary/aromatic N) is 1. The normalized spacial score (nSPS) is 19.1. The third kappa shape index (κ3) is 2.52. The molecule has 1 aliphatic rings. The maximum Gasteiger partial charge on any atom is 0.307 e. The zero-order chi connectivity index (χ0) is 11.5. The highest BCUT2D eigenvalue weighted by Crippen LogP contribution is 2.20. The lowest BCUT2D eigenvalue weighted by atomic mass is 10.0. The van der Waals surface area contributed by atoms with Gasteiger partial charge in [0.15, 0.2) is 0 Å². The molecule has 5 heteroatoms. The summed E-state index contributed by atoms with van der Waals surface area (Å²) in [6.07, 6.45) is 0.103. The molecule has 1 N–H and O–H groups in total. The summed E-state index contributed by atoms with van der Waals surface area (Å²) in [5, 5.41) is 13.1. The van der Waals surface area contributed by atoms with E-state index < -0.39 is 5.97 Å². The Morgan fingerprint density at radius 1 is 1.62 bits per heavy atom. The maximum absolute atomic E-state index is 10.5. The summed E-state index contributed by atoms with van der Waals surface area (Å²) >= 11 is 5.85. The molecule has 16 heavy (non-hydrogen) atoms. The quantitative estimate of drug-likeness (QED) is 0.881. The molecule has 1 unspecified atom stereocenters. The Morgan fingerprint density at radius 2 is 2.44 bits per heavy atom. The molecule has 0 bridgehead atoms. The lowest BCUT2D eigenvalue weighted by molar-refractivity contribution is -0.139. The molecular weight excluding hydrogens is 230 g/mol. The number of halogens is 1. The van der Waals surface area contributed by atoms with Crippen LogP contribution >= 0.6 is 11.6 Å². The van der Waals surface area contributed by atoms with E-state index in [2.05, 4.69) is 5.16 Å². The maximum atomic E-state index is 10.5. The minimum atomic E-state index is -0.882. The number of hydrogen-bond acceptors (Lipinski definition) is 3. The van der Waals surface area contributed by atoms with Gasteiger partial charge in [-0.05, 0) is 12.1 Å². The Labute approximate surface area is 97.5 Å². The van der Waals surface area contributed by atoms with Crippen LogP contribution in [0.25, 0.3) is 0 Å². The van der Waals surface area contributed by atoms with Gasteiger partial charge in [-0.25, -0.2) is 0 Å². The van der Waals surface area contributed by atoms with Crippen LogP contribution in [-0.4, -0.2) is 22.9 Å². The fourth-order valence-corrected chi connectivity index (χ4v) is 1.76. The number of aliphatic carboxylic acids is 1. The fraction of sp³-hybridized carbons (Fsp3) is 0.273. The second kappa shape index (κ2) is 4.53. The number of carboxylic acid groups (broad SMARTS) is 1. The highest BCUT2D eigenvalue weighted by molar-refractivity contribution is 6.31. The number of carboxylic acids is 1. The van der Waals surface area contributed by atoms with E-state index in [1.54, 1.807) is 12.1 Å². The van der Waals surface area contributed by atoms with Crippen LogP contribution < -0.4 is 0 Å². The molecule has 1 aromatic rings. The summed E-state index contributed by atoms with van der Waals surface area (Å²) in [6, 6.07) is 7.25. The van der Waals surface area contributed by atoms with E-state index in [9.17, 15) is 4.79 Å². The van der Waals surface area contributed by atoms with Gasteiger partial charge in [0, 0.05) is 17.0 Å². The molecule has 1 aromatic carbocycles. The number of oxime groups is 1. The molecule has 1 aliphatic heterocycles. The van der Waals surface area contributed by atoms with Crippen molar-refractivity contribution in [1.82, 2.24) is 0 Å². The zero-order valence-electron chi connectivity index (χ0n) is 8.39. The molecule has 1 heterocycles. The third-order valence-electron chi connectivity index (χ3n) is 2.29. The summed E-state index contributed by atoms with van der Waals surface area (Å²) in [5.74, 6) is -0.882.